The Balaban J connectivity index is 2.94. The second-order valence-corrected chi connectivity index (χ2v) is 3.19. The molecule has 0 radical (unpaired) electrons. The van der Waals surface area contributed by atoms with Crippen molar-refractivity contribution < 1.29 is 19.4 Å². The number of hydrogen-bond donors (Lipinski definition) is 1. The van der Waals surface area contributed by atoms with Crippen LogP contribution in [0.1, 0.15) is 5.89 Å². The third-order valence-corrected chi connectivity index (χ3v) is 2.10. The standard InChI is InChI=1S/C8H5N3O6/c1-3-9-6-7(12)4(10(13)14)2-5(11(15)16)8(6)17-3/h2,12H,1H3. The molecule has 0 bridgehead atoms. The Labute approximate surface area is 92.6 Å². The number of nitro groups is 2. The quantitative estimate of drug-likeness (QED) is 0.622. The van der Waals surface area contributed by atoms with E-state index in [1.54, 1.807) is 0 Å². The molecule has 17 heavy (non-hydrogen) atoms. The molecule has 2 aromatic rings. The normalized spacial score (nSPS) is 10.6. The van der Waals surface area contributed by atoms with Gasteiger partial charge in [0.15, 0.2) is 11.4 Å². The highest BCUT2D eigenvalue weighted by atomic mass is 16.6. The number of phenols is 1. The van der Waals surface area contributed by atoms with Crippen LogP contribution in [0.3, 0.4) is 0 Å². The van der Waals surface area contributed by atoms with Gasteiger partial charge in [0.25, 0.3) is 0 Å². The highest BCUT2D eigenvalue weighted by Gasteiger charge is 2.29. The van der Waals surface area contributed by atoms with E-state index in [0.717, 1.165) is 0 Å². The molecule has 0 saturated carbocycles. The number of aromatic hydroxyl groups is 1. The fourth-order valence-electron chi connectivity index (χ4n) is 1.42. The van der Waals surface area contributed by atoms with Gasteiger partial charge in [-0.2, -0.15) is 0 Å². The maximum Gasteiger partial charge on any atom is 0.321 e. The predicted octanol–water partition coefficient (Wildman–Crippen LogP) is 1.66. The van der Waals surface area contributed by atoms with E-state index in [-0.39, 0.29) is 17.0 Å². The molecule has 0 unspecified atom stereocenters. The second kappa shape index (κ2) is 3.40. The number of aromatic nitrogens is 1. The summed E-state index contributed by atoms with van der Waals surface area (Å²) in [6.07, 6.45) is 0. The van der Waals surface area contributed by atoms with Gasteiger partial charge in [0.2, 0.25) is 11.3 Å². The molecule has 88 valence electrons. The number of hydrogen-bond acceptors (Lipinski definition) is 7. The molecule has 0 atom stereocenters. The Morgan fingerprint density at radius 3 is 2.41 bits per heavy atom. The molecule has 0 aliphatic heterocycles. The van der Waals surface area contributed by atoms with E-state index in [9.17, 15) is 25.3 Å². The van der Waals surface area contributed by atoms with Gasteiger partial charge in [-0.1, -0.05) is 0 Å². The van der Waals surface area contributed by atoms with Crippen LogP contribution in [0.4, 0.5) is 11.4 Å². The third kappa shape index (κ3) is 1.53. The molecule has 0 aliphatic carbocycles. The second-order valence-electron chi connectivity index (χ2n) is 3.19. The summed E-state index contributed by atoms with van der Waals surface area (Å²) >= 11 is 0. The van der Waals surface area contributed by atoms with Crippen LogP contribution in [0.15, 0.2) is 10.5 Å². The number of phenolic OH excluding ortho intramolecular Hbond substituents is 1. The number of nitro benzene ring substituents is 2. The summed E-state index contributed by atoms with van der Waals surface area (Å²) in [5, 5.41) is 30.9. The molecular weight excluding hydrogens is 234 g/mol. The topological polar surface area (TPSA) is 133 Å². The number of benzene rings is 1. The van der Waals surface area contributed by atoms with Gasteiger partial charge in [-0.3, -0.25) is 20.2 Å². The first-order valence-corrected chi connectivity index (χ1v) is 4.33. The lowest BCUT2D eigenvalue weighted by Crippen LogP contribution is -1.94. The number of oxazole rings is 1. The smallest absolute Gasteiger partial charge is 0.321 e. The van der Waals surface area contributed by atoms with Gasteiger partial charge in [-0.25, -0.2) is 4.98 Å². The van der Waals surface area contributed by atoms with Gasteiger partial charge in [0, 0.05) is 6.92 Å². The first kappa shape index (κ1) is 10.8. The predicted molar refractivity (Wildman–Crippen MR) is 53.7 cm³/mol. The fourth-order valence-corrected chi connectivity index (χ4v) is 1.42. The molecule has 1 aromatic heterocycles. The summed E-state index contributed by atoms with van der Waals surface area (Å²) in [6, 6.07) is 0.641. The summed E-state index contributed by atoms with van der Waals surface area (Å²) in [7, 11) is 0. The zero-order valence-corrected chi connectivity index (χ0v) is 8.41. The summed E-state index contributed by atoms with van der Waals surface area (Å²) < 4.78 is 4.94. The zero-order chi connectivity index (χ0) is 12.7. The number of aryl methyl sites for hydroxylation is 1. The first-order chi connectivity index (χ1) is 7.91. The van der Waals surface area contributed by atoms with E-state index in [1.165, 1.54) is 6.92 Å². The molecule has 9 heteroatoms. The van der Waals surface area contributed by atoms with E-state index < -0.39 is 27.0 Å². The van der Waals surface area contributed by atoms with E-state index in [4.69, 9.17) is 4.42 Å². The van der Waals surface area contributed by atoms with Crippen molar-refractivity contribution in [1.82, 2.24) is 4.98 Å². The number of rotatable bonds is 2. The minimum atomic E-state index is -0.925. The minimum Gasteiger partial charge on any atom is -0.500 e. The summed E-state index contributed by atoms with van der Waals surface area (Å²) in [5.41, 5.74) is -1.96. The van der Waals surface area contributed by atoms with Crippen LogP contribution in [-0.4, -0.2) is 19.9 Å². The van der Waals surface area contributed by atoms with E-state index >= 15 is 0 Å². The van der Waals surface area contributed by atoms with Gasteiger partial charge in [0.1, 0.15) is 6.07 Å². The van der Waals surface area contributed by atoms with Crippen LogP contribution in [0.5, 0.6) is 5.75 Å². The molecule has 2 rings (SSSR count). The first-order valence-electron chi connectivity index (χ1n) is 4.33. The monoisotopic (exact) mass is 239 g/mol. The number of non-ortho nitro benzene ring substituents is 1. The molecule has 0 aliphatic rings. The van der Waals surface area contributed by atoms with Crippen molar-refractivity contribution in [3.63, 3.8) is 0 Å². The van der Waals surface area contributed by atoms with Crippen LogP contribution < -0.4 is 0 Å². The van der Waals surface area contributed by atoms with E-state index in [1.807, 2.05) is 0 Å². The maximum atomic E-state index is 10.7. The minimum absolute atomic E-state index is 0.0684. The van der Waals surface area contributed by atoms with Crippen LogP contribution in [0.25, 0.3) is 11.1 Å². The Bertz CT molecular complexity index is 646. The van der Waals surface area contributed by atoms with Gasteiger partial charge in [0.05, 0.1) is 9.85 Å². The van der Waals surface area contributed by atoms with Crippen molar-refractivity contribution in [2.75, 3.05) is 0 Å². The Hall–Kier alpha value is -2.71. The molecule has 1 N–H and O–H groups in total. The Kier molecular flexibility index (Phi) is 2.16. The largest absolute Gasteiger partial charge is 0.500 e. The number of fused-ring (bicyclic) bond motifs is 1. The van der Waals surface area contributed by atoms with Crippen LogP contribution in [0.2, 0.25) is 0 Å². The van der Waals surface area contributed by atoms with Crippen LogP contribution in [-0.2, 0) is 0 Å². The van der Waals surface area contributed by atoms with Crippen LogP contribution >= 0.6 is 0 Å². The molecule has 0 amide bonds. The zero-order valence-electron chi connectivity index (χ0n) is 8.41. The third-order valence-electron chi connectivity index (χ3n) is 2.10. The molecule has 0 fully saturated rings. The molecule has 1 heterocycles. The van der Waals surface area contributed by atoms with Crippen molar-refractivity contribution >= 4 is 22.5 Å². The lowest BCUT2D eigenvalue weighted by molar-refractivity contribution is -0.393. The van der Waals surface area contributed by atoms with Crippen molar-refractivity contribution in [2.24, 2.45) is 0 Å². The van der Waals surface area contributed by atoms with E-state index in [0.29, 0.717) is 6.07 Å². The van der Waals surface area contributed by atoms with Crippen molar-refractivity contribution in [3.8, 4) is 5.75 Å². The summed E-state index contributed by atoms with van der Waals surface area (Å²) in [5.74, 6) is -0.675. The van der Waals surface area contributed by atoms with Gasteiger partial charge in [-0.05, 0) is 0 Å². The maximum absolute atomic E-state index is 10.7. The van der Waals surface area contributed by atoms with Gasteiger partial charge < -0.3 is 9.52 Å². The molecular formula is C8H5N3O6. The number of nitrogens with zero attached hydrogens (tertiary/aromatic N) is 3. The molecule has 9 nitrogen and oxygen atoms in total. The lowest BCUT2D eigenvalue weighted by atomic mass is 10.2. The Morgan fingerprint density at radius 2 is 1.88 bits per heavy atom. The summed E-state index contributed by atoms with van der Waals surface area (Å²) in [4.78, 5) is 23.2. The molecule has 1 aromatic carbocycles. The SMILES string of the molecule is Cc1nc2c(O)c([N+](=O)[O-])cc([N+](=O)[O-])c2o1. The summed E-state index contributed by atoms with van der Waals surface area (Å²) in [6.45, 7) is 1.41. The average Bonchev–Trinajstić information content (AvgIpc) is 2.59. The van der Waals surface area contributed by atoms with Gasteiger partial charge in [-0.15, -0.1) is 0 Å². The van der Waals surface area contributed by atoms with Crippen molar-refractivity contribution in [1.29, 1.82) is 0 Å². The fraction of sp³-hybridized carbons (Fsp3) is 0.125. The van der Waals surface area contributed by atoms with Gasteiger partial charge >= 0.3 is 11.4 Å². The average molecular weight is 239 g/mol. The molecule has 0 spiro atoms. The molecule has 0 saturated heterocycles. The van der Waals surface area contributed by atoms with Crippen LogP contribution in [0, 0.1) is 27.2 Å². The van der Waals surface area contributed by atoms with E-state index in [2.05, 4.69) is 4.98 Å². The van der Waals surface area contributed by atoms with Crippen molar-refractivity contribution in [2.45, 2.75) is 6.92 Å². The highest BCUT2D eigenvalue weighted by Crippen LogP contribution is 2.39. The van der Waals surface area contributed by atoms with Crippen molar-refractivity contribution in [3.05, 3.63) is 32.2 Å². The Morgan fingerprint density at radius 1 is 1.29 bits per heavy atom. The lowest BCUT2D eigenvalue weighted by Gasteiger charge is -1.96. The highest BCUT2D eigenvalue weighted by molar-refractivity contribution is 5.91.